The predicted octanol–water partition coefficient (Wildman–Crippen LogP) is 3.03. The van der Waals surface area contributed by atoms with Gasteiger partial charge in [0.15, 0.2) is 0 Å². The summed E-state index contributed by atoms with van der Waals surface area (Å²) in [5.74, 6) is 0. The molecular weight excluding hydrogens is 208 g/mol. The summed E-state index contributed by atoms with van der Waals surface area (Å²) in [4.78, 5) is 2.76. The van der Waals surface area contributed by atoms with E-state index in [2.05, 4.69) is 31.0 Å². The van der Waals surface area contributed by atoms with E-state index in [1.807, 2.05) is 0 Å². The average Bonchev–Trinajstić information content (AvgIpc) is 3.04. The second-order valence-corrected chi connectivity index (χ2v) is 6.42. The molecule has 0 aromatic rings. The van der Waals surface area contributed by atoms with E-state index >= 15 is 0 Å². The number of rotatable bonds is 6. The Morgan fingerprint density at radius 3 is 2.59 bits per heavy atom. The minimum absolute atomic E-state index is 0.719. The summed E-state index contributed by atoms with van der Waals surface area (Å²) in [7, 11) is 0. The van der Waals surface area contributed by atoms with Crippen molar-refractivity contribution in [1.82, 2.24) is 10.2 Å². The first-order valence-corrected chi connectivity index (χ1v) is 7.66. The maximum Gasteiger partial charge on any atom is 0.0195 e. The Balaban J connectivity index is 1.85. The molecule has 0 aromatic heterocycles. The normalized spacial score (nSPS) is 32.6. The van der Waals surface area contributed by atoms with Crippen LogP contribution in [0.1, 0.15) is 59.3 Å². The highest BCUT2D eigenvalue weighted by Gasteiger charge is 2.44. The Hall–Kier alpha value is -0.0800. The van der Waals surface area contributed by atoms with Crippen molar-refractivity contribution < 1.29 is 0 Å². The molecule has 100 valence electrons. The van der Waals surface area contributed by atoms with Gasteiger partial charge in [-0.1, -0.05) is 26.7 Å². The fourth-order valence-corrected chi connectivity index (χ4v) is 3.38. The van der Waals surface area contributed by atoms with Gasteiger partial charge in [0, 0.05) is 31.7 Å². The van der Waals surface area contributed by atoms with E-state index in [1.165, 1.54) is 58.2 Å². The molecule has 1 heterocycles. The van der Waals surface area contributed by atoms with Crippen molar-refractivity contribution in [2.75, 3.05) is 19.6 Å². The minimum Gasteiger partial charge on any atom is -0.311 e. The van der Waals surface area contributed by atoms with Gasteiger partial charge < -0.3 is 5.32 Å². The first kappa shape index (κ1) is 13.4. The molecule has 0 radical (unpaired) electrons. The minimum atomic E-state index is 0.719. The van der Waals surface area contributed by atoms with Crippen molar-refractivity contribution in [2.24, 2.45) is 5.41 Å². The standard InChI is InChI=1S/C15H30N2/c1-4-6-14-11-17(13(3)10-16-14)12-15(7-5-2)8-9-15/h13-14,16H,4-12H2,1-3H3. The van der Waals surface area contributed by atoms with Gasteiger partial charge >= 0.3 is 0 Å². The molecule has 17 heavy (non-hydrogen) atoms. The van der Waals surface area contributed by atoms with Crippen LogP contribution in [0.15, 0.2) is 0 Å². The highest BCUT2D eigenvalue weighted by molar-refractivity contribution is 4.97. The van der Waals surface area contributed by atoms with E-state index in [9.17, 15) is 0 Å². The van der Waals surface area contributed by atoms with E-state index in [1.54, 1.807) is 0 Å². The molecule has 0 aromatic carbocycles. The van der Waals surface area contributed by atoms with Crippen LogP contribution in [0, 0.1) is 5.41 Å². The molecule has 2 rings (SSSR count). The van der Waals surface area contributed by atoms with Gasteiger partial charge in [-0.15, -0.1) is 0 Å². The van der Waals surface area contributed by atoms with Crippen molar-refractivity contribution in [2.45, 2.75) is 71.4 Å². The number of nitrogens with one attached hydrogen (secondary N) is 1. The highest BCUT2D eigenvalue weighted by atomic mass is 15.2. The third-order valence-electron chi connectivity index (χ3n) is 4.69. The van der Waals surface area contributed by atoms with E-state index in [0.29, 0.717) is 0 Å². The van der Waals surface area contributed by atoms with Crippen LogP contribution in [0.2, 0.25) is 0 Å². The number of hydrogen-bond acceptors (Lipinski definition) is 2. The molecular formula is C15H30N2. The summed E-state index contributed by atoms with van der Waals surface area (Å²) in [5.41, 5.74) is 0.719. The molecule has 1 aliphatic carbocycles. The summed E-state index contributed by atoms with van der Waals surface area (Å²) >= 11 is 0. The van der Waals surface area contributed by atoms with E-state index < -0.39 is 0 Å². The smallest absolute Gasteiger partial charge is 0.0195 e. The first-order valence-electron chi connectivity index (χ1n) is 7.66. The lowest BCUT2D eigenvalue weighted by Gasteiger charge is -2.40. The summed E-state index contributed by atoms with van der Waals surface area (Å²) in [6.07, 6.45) is 8.41. The monoisotopic (exact) mass is 238 g/mol. The van der Waals surface area contributed by atoms with E-state index in [0.717, 1.165) is 17.5 Å². The average molecular weight is 238 g/mol. The molecule has 2 fully saturated rings. The van der Waals surface area contributed by atoms with Gasteiger partial charge in [-0.05, 0) is 38.0 Å². The van der Waals surface area contributed by atoms with Crippen LogP contribution in [0.3, 0.4) is 0 Å². The molecule has 2 nitrogen and oxygen atoms in total. The second kappa shape index (κ2) is 5.71. The highest BCUT2D eigenvalue weighted by Crippen LogP contribution is 2.50. The summed E-state index contributed by atoms with van der Waals surface area (Å²) < 4.78 is 0. The SMILES string of the molecule is CCCC1CN(CC2(CCC)CC2)C(C)CN1. The van der Waals surface area contributed by atoms with Crippen molar-refractivity contribution in [3.63, 3.8) is 0 Å². The van der Waals surface area contributed by atoms with Gasteiger partial charge in [0.25, 0.3) is 0 Å². The maximum absolute atomic E-state index is 3.70. The molecule has 1 N–H and O–H groups in total. The molecule has 0 spiro atoms. The zero-order chi connectivity index (χ0) is 12.3. The van der Waals surface area contributed by atoms with Gasteiger partial charge in [-0.2, -0.15) is 0 Å². The van der Waals surface area contributed by atoms with E-state index in [4.69, 9.17) is 0 Å². The molecule has 1 saturated carbocycles. The van der Waals surface area contributed by atoms with Gasteiger partial charge in [0.1, 0.15) is 0 Å². The van der Waals surface area contributed by atoms with Gasteiger partial charge in [0.05, 0.1) is 0 Å². The maximum atomic E-state index is 3.70. The lowest BCUT2D eigenvalue weighted by molar-refractivity contribution is 0.107. The van der Waals surface area contributed by atoms with Crippen LogP contribution >= 0.6 is 0 Å². The lowest BCUT2D eigenvalue weighted by Crippen LogP contribution is -2.56. The predicted molar refractivity (Wildman–Crippen MR) is 74.3 cm³/mol. The van der Waals surface area contributed by atoms with E-state index in [-0.39, 0.29) is 0 Å². The second-order valence-electron chi connectivity index (χ2n) is 6.42. The van der Waals surface area contributed by atoms with Crippen LogP contribution in [0.5, 0.6) is 0 Å². The number of hydrogen-bond donors (Lipinski definition) is 1. The van der Waals surface area contributed by atoms with Gasteiger partial charge in [0.2, 0.25) is 0 Å². The fourth-order valence-electron chi connectivity index (χ4n) is 3.38. The van der Waals surface area contributed by atoms with Crippen LogP contribution in [0.4, 0.5) is 0 Å². The third kappa shape index (κ3) is 3.45. The van der Waals surface area contributed by atoms with Crippen LogP contribution in [0.25, 0.3) is 0 Å². The summed E-state index contributed by atoms with van der Waals surface area (Å²) in [5, 5.41) is 3.70. The Labute approximate surface area is 107 Å². The van der Waals surface area contributed by atoms with Crippen molar-refractivity contribution in [3.8, 4) is 0 Å². The molecule has 0 bridgehead atoms. The quantitative estimate of drug-likeness (QED) is 0.765. The Morgan fingerprint density at radius 1 is 1.24 bits per heavy atom. The molecule has 2 aliphatic rings. The number of nitrogens with zero attached hydrogens (tertiary/aromatic N) is 1. The van der Waals surface area contributed by atoms with Crippen molar-refractivity contribution in [1.29, 1.82) is 0 Å². The van der Waals surface area contributed by atoms with Crippen molar-refractivity contribution >= 4 is 0 Å². The molecule has 0 amide bonds. The Bertz CT molecular complexity index is 235. The van der Waals surface area contributed by atoms with Gasteiger partial charge in [-0.3, -0.25) is 4.90 Å². The topological polar surface area (TPSA) is 15.3 Å². The first-order chi connectivity index (χ1) is 8.19. The Kier molecular flexibility index (Phi) is 4.48. The molecule has 2 heteroatoms. The van der Waals surface area contributed by atoms with Gasteiger partial charge in [-0.25, -0.2) is 0 Å². The van der Waals surface area contributed by atoms with Crippen molar-refractivity contribution in [3.05, 3.63) is 0 Å². The number of piperazine rings is 1. The summed E-state index contributed by atoms with van der Waals surface area (Å²) in [6.45, 7) is 10.8. The molecule has 2 atom stereocenters. The van der Waals surface area contributed by atoms with Crippen LogP contribution < -0.4 is 5.32 Å². The zero-order valence-electron chi connectivity index (χ0n) is 12.0. The molecule has 1 saturated heterocycles. The largest absolute Gasteiger partial charge is 0.311 e. The Morgan fingerprint density at radius 2 is 2.00 bits per heavy atom. The lowest BCUT2D eigenvalue weighted by atomic mass is 9.97. The zero-order valence-corrected chi connectivity index (χ0v) is 12.0. The molecule has 1 aliphatic heterocycles. The summed E-state index contributed by atoms with van der Waals surface area (Å²) in [6, 6.07) is 1.48. The van der Waals surface area contributed by atoms with Crippen LogP contribution in [-0.2, 0) is 0 Å². The fraction of sp³-hybridized carbons (Fsp3) is 1.00. The molecule has 2 unspecified atom stereocenters. The van der Waals surface area contributed by atoms with Crippen LogP contribution in [-0.4, -0.2) is 36.6 Å². The third-order valence-corrected chi connectivity index (χ3v) is 4.69.